The molecule has 1 amide bonds. The Hall–Kier alpha value is -3.59. The van der Waals surface area contributed by atoms with E-state index in [9.17, 15) is 9.59 Å². The summed E-state index contributed by atoms with van der Waals surface area (Å²) in [6, 6.07) is 12.9. The zero-order valence-corrected chi connectivity index (χ0v) is 18.6. The number of aromatic nitrogens is 3. The van der Waals surface area contributed by atoms with E-state index in [4.69, 9.17) is 9.47 Å². The highest BCUT2D eigenvalue weighted by atomic mass is 32.2. The van der Waals surface area contributed by atoms with Crippen LogP contribution in [0.4, 0.5) is 5.69 Å². The average Bonchev–Trinajstić information content (AvgIpc) is 3.24. The third kappa shape index (κ3) is 4.36. The molecule has 1 N–H and O–H groups in total. The molecule has 0 saturated heterocycles. The molecule has 0 fully saturated rings. The van der Waals surface area contributed by atoms with Gasteiger partial charge < -0.3 is 14.8 Å². The van der Waals surface area contributed by atoms with Gasteiger partial charge >= 0.3 is 0 Å². The summed E-state index contributed by atoms with van der Waals surface area (Å²) in [5, 5.41) is 12.1. The number of carbonyl (C=O) groups is 2. The van der Waals surface area contributed by atoms with Crippen LogP contribution < -0.4 is 14.8 Å². The molecule has 0 unspecified atom stereocenters. The van der Waals surface area contributed by atoms with Gasteiger partial charge in [-0.25, -0.2) is 0 Å². The number of thioether (sulfide) groups is 1. The number of ketones is 1. The molecule has 3 heterocycles. The Bertz CT molecular complexity index is 1240. The van der Waals surface area contributed by atoms with E-state index >= 15 is 0 Å². The van der Waals surface area contributed by atoms with Crippen LogP contribution in [-0.4, -0.2) is 38.8 Å². The smallest absolute Gasteiger partial charge is 0.224 e. The predicted octanol–water partition coefficient (Wildman–Crippen LogP) is 3.84. The SMILES string of the molecule is C=CCn1c(SCC(=O)c2ccc3c(c2)CCC(=O)N3)nnc1[C@@H]1COc2ccccc2O1. The number of hydrogen-bond acceptors (Lipinski definition) is 7. The number of nitrogens with one attached hydrogen (secondary N) is 1. The predicted molar refractivity (Wildman–Crippen MR) is 124 cm³/mol. The first-order chi connectivity index (χ1) is 16.1. The Morgan fingerprint density at radius 1 is 1.21 bits per heavy atom. The molecular formula is C24H22N4O4S. The van der Waals surface area contributed by atoms with Gasteiger partial charge in [0.15, 0.2) is 34.4 Å². The summed E-state index contributed by atoms with van der Waals surface area (Å²) < 4.78 is 13.8. The molecule has 5 rings (SSSR count). The van der Waals surface area contributed by atoms with Crippen molar-refractivity contribution in [2.75, 3.05) is 17.7 Å². The van der Waals surface area contributed by atoms with Gasteiger partial charge in [-0.3, -0.25) is 14.2 Å². The molecule has 33 heavy (non-hydrogen) atoms. The maximum Gasteiger partial charge on any atom is 0.224 e. The fourth-order valence-electron chi connectivity index (χ4n) is 3.86. The Morgan fingerprint density at radius 2 is 2.06 bits per heavy atom. The lowest BCUT2D eigenvalue weighted by molar-refractivity contribution is -0.116. The fraction of sp³-hybridized carbons (Fsp3) is 0.250. The number of para-hydroxylation sites is 2. The Morgan fingerprint density at radius 3 is 2.91 bits per heavy atom. The van der Waals surface area contributed by atoms with Crippen molar-refractivity contribution in [3.05, 3.63) is 72.1 Å². The summed E-state index contributed by atoms with van der Waals surface area (Å²) in [5.74, 6) is 2.20. The first-order valence-electron chi connectivity index (χ1n) is 10.6. The molecular weight excluding hydrogens is 440 g/mol. The van der Waals surface area contributed by atoms with Crippen molar-refractivity contribution in [2.45, 2.75) is 30.6 Å². The van der Waals surface area contributed by atoms with Gasteiger partial charge in [-0.2, -0.15) is 0 Å². The highest BCUT2D eigenvalue weighted by Gasteiger charge is 2.28. The Labute approximate surface area is 195 Å². The fourth-order valence-corrected chi connectivity index (χ4v) is 4.71. The number of ether oxygens (including phenoxy) is 2. The maximum atomic E-state index is 12.9. The van der Waals surface area contributed by atoms with Gasteiger partial charge in [0.05, 0.1) is 5.75 Å². The van der Waals surface area contributed by atoms with Gasteiger partial charge in [0, 0.05) is 24.2 Å². The number of nitrogens with zero attached hydrogens (tertiary/aromatic N) is 3. The van der Waals surface area contributed by atoms with E-state index < -0.39 is 6.10 Å². The summed E-state index contributed by atoms with van der Waals surface area (Å²) in [7, 11) is 0. The number of allylic oxidation sites excluding steroid dienone is 1. The van der Waals surface area contributed by atoms with Crippen LogP contribution in [0.1, 0.15) is 34.3 Å². The molecule has 0 bridgehead atoms. The van der Waals surface area contributed by atoms with E-state index in [0.29, 0.717) is 54.0 Å². The molecule has 0 radical (unpaired) electrons. The van der Waals surface area contributed by atoms with Crippen molar-refractivity contribution >= 4 is 29.1 Å². The minimum atomic E-state index is -0.409. The molecule has 0 spiro atoms. The van der Waals surface area contributed by atoms with Crippen molar-refractivity contribution in [1.82, 2.24) is 14.8 Å². The summed E-state index contributed by atoms with van der Waals surface area (Å²) in [5.41, 5.74) is 2.38. The van der Waals surface area contributed by atoms with Crippen LogP contribution >= 0.6 is 11.8 Å². The second-order valence-corrected chi connectivity index (χ2v) is 8.68. The largest absolute Gasteiger partial charge is 0.485 e. The van der Waals surface area contributed by atoms with Crippen LogP contribution in [0.5, 0.6) is 11.5 Å². The van der Waals surface area contributed by atoms with E-state index in [1.54, 1.807) is 18.2 Å². The number of carbonyl (C=O) groups excluding carboxylic acids is 2. The minimum Gasteiger partial charge on any atom is -0.485 e. The van der Waals surface area contributed by atoms with E-state index in [2.05, 4.69) is 22.1 Å². The van der Waals surface area contributed by atoms with Crippen LogP contribution in [-0.2, 0) is 17.8 Å². The average molecular weight is 463 g/mol. The zero-order valence-electron chi connectivity index (χ0n) is 17.8. The Kier molecular flexibility index (Phi) is 5.87. The van der Waals surface area contributed by atoms with E-state index in [1.807, 2.05) is 34.9 Å². The van der Waals surface area contributed by atoms with Crippen LogP contribution in [0.15, 0.2) is 60.3 Å². The number of rotatable bonds is 7. The van der Waals surface area contributed by atoms with Gasteiger partial charge in [0.25, 0.3) is 0 Å². The standard InChI is InChI=1S/C24H22N4O4S/c1-2-11-28-23(21-13-31-19-5-3-4-6-20(19)32-21)26-27-24(28)33-14-18(29)16-7-9-17-15(12-16)8-10-22(30)25-17/h2-7,9,12,21H,1,8,10-11,13-14H2,(H,25,30)/t21-/m0/s1. The third-order valence-electron chi connectivity index (χ3n) is 5.51. The molecule has 2 aliphatic rings. The van der Waals surface area contributed by atoms with E-state index in [1.165, 1.54) is 11.8 Å². The number of Topliss-reactive ketones (excluding diaryl/α,β-unsaturated/α-hetero) is 1. The van der Waals surface area contributed by atoms with Crippen molar-refractivity contribution < 1.29 is 19.1 Å². The zero-order chi connectivity index (χ0) is 22.8. The van der Waals surface area contributed by atoms with Gasteiger partial charge in [-0.15, -0.1) is 16.8 Å². The maximum absolute atomic E-state index is 12.9. The quantitative estimate of drug-likeness (QED) is 0.324. The summed E-state index contributed by atoms with van der Waals surface area (Å²) in [4.78, 5) is 24.4. The van der Waals surface area contributed by atoms with Crippen LogP contribution in [0.3, 0.4) is 0 Å². The lowest BCUT2D eigenvalue weighted by Gasteiger charge is -2.26. The van der Waals surface area contributed by atoms with Crippen LogP contribution in [0.2, 0.25) is 0 Å². The monoisotopic (exact) mass is 462 g/mol. The molecule has 2 aliphatic heterocycles. The topological polar surface area (TPSA) is 95.3 Å². The molecule has 3 aromatic rings. The highest BCUT2D eigenvalue weighted by molar-refractivity contribution is 7.99. The van der Waals surface area contributed by atoms with Gasteiger partial charge in [-0.1, -0.05) is 30.0 Å². The number of hydrogen-bond donors (Lipinski definition) is 1. The number of amides is 1. The van der Waals surface area contributed by atoms with Gasteiger partial charge in [0.1, 0.15) is 6.61 Å². The van der Waals surface area contributed by atoms with Crippen molar-refractivity contribution in [1.29, 1.82) is 0 Å². The summed E-state index contributed by atoms with van der Waals surface area (Å²) in [6.45, 7) is 4.64. The highest BCUT2D eigenvalue weighted by Crippen LogP contribution is 2.36. The first-order valence-corrected chi connectivity index (χ1v) is 11.6. The third-order valence-corrected chi connectivity index (χ3v) is 6.48. The lowest BCUT2D eigenvalue weighted by Crippen LogP contribution is -2.25. The van der Waals surface area contributed by atoms with Crippen molar-refractivity contribution in [3.63, 3.8) is 0 Å². The van der Waals surface area contributed by atoms with Gasteiger partial charge in [-0.05, 0) is 42.3 Å². The normalized spacial score (nSPS) is 16.6. The lowest BCUT2D eigenvalue weighted by atomic mass is 9.99. The van der Waals surface area contributed by atoms with Crippen LogP contribution in [0, 0.1) is 0 Å². The molecule has 1 aromatic heterocycles. The second-order valence-electron chi connectivity index (χ2n) is 7.74. The van der Waals surface area contributed by atoms with E-state index in [0.717, 1.165) is 11.3 Å². The number of benzene rings is 2. The van der Waals surface area contributed by atoms with Crippen molar-refractivity contribution in [2.24, 2.45) is 0 Å². The molecule has 0 saturated carbocycles. The molecule has 2 aromatic carbocycles. The molecule has 9 heteroatoms. The minimum absolute atomic E-state index is 0.00493. The Balaban J connectivity index is 1.30. The number of fused-ring (bicyclic) bond motifs is 2. The number of aryl methyl sites for hydroxylation is 1. The molecule has 0 aliphatic carbocycles. The summed E-state index contributed by atoms with van der Waals surface area (Å²) >= 11 is 1.32. The van der Waals surface area contributed by atoms with Crippen LogP contribution in [0.25, 0.3) is 0 Å². The first kappa shape index (κ1) is 21.3. The summed E-state index contributed by atoms with van der Waals surface area (Å²) in [6.07, 6.45) is 2.42. The second kappa shape index (κ2) is 9.11. The molecule has 168 valence electrons. The van der Waals surface area contributed by atoms with Crippen molar-refractivity contribution in [3.8, 4) is 11.5 Å². The van der Waals surface area contributed by atoms with E-state index in [-0.39, 0.29) is 17.4 Å². The molecule has 8 nitrogen and oxygen atoms in total. The van der Waals surface area contributed by atoms with Gasteiger partial charge in [0.2, 0.25) is 5.91 Å². The number of anilines is 1. The molecule has 1 atom stereocenters.